The number of hydrogen-bond donors (Lipinski definition) is 0. The SMILES string of the molecule is COc1cc(CN2CCCC(=O)C2)cc(OC)c1. The minimum atomic E-state index is 0.330. The monoisotopic (exact) mass is 249 g/mol. The maximum absolute atomic E-state index is 11.4. The number of ether oxygens (including phenoxy) is 2. The summed E-state index contributed by atoms with van der Waals surface area (Å²) in [5.41, 5.74) is 1.11. The first-order chi connectivity index (χ1) is 8.71. The van der Waals surface area contributed by atoms with Gasteiger partial charge in [0.15, 0.2) is 0 Å². The highest BCUT2D eigenvalue weighted by Crippen LogP contribution is 2.24. The fourth-order valence-corrected chi connectivity index (χ4v) is 2.26. The summed E-state index contributed by atoms with van der Waals surface area (Å²) in [6, 6.07) is 5.83. The van der Waals surface area contributed by atoms with E-state index in [2.05, 4.69) is 4.90 Å². The third kappa shape index (κ3) is 3.23. The molecule has 0 bridgehead atoms. The molecule has 0 aliphatic carbocycles. The van der Waals surface area contributed by atoms with Gasteiger partial charge in [0.1, 0.15) is 17.3 Å². The lowest BCUT2D eigenvalue weighted by Crippen LogP contribution is -2.34. The lowest BCUT2D eigenvalue weighted by Gasteiger charge is -2.25. The van der Waals surface area contributed by atoms with Crippen LogP contribution in [0.3, 0.4) is 0 Å². The van der Waals surface area contributed by atoms with Gasteiger partial charge in [-0.05, 0) is 30.7 Å². The Morgan fingerprint density at radius 1 is 1.17 bits per heavy atom. The van der Waals surface area contributed by atoms with Crippen molar-refractivity contribution < 1.29 is 14.3 Å². The topological polar surface area (TPSA) is 38.8 Å². The minimum Gasteiger partial charge on any atom is -0.497 e. The van der Waals surface area contributed by atoms with Gasteiger partial charge < -0.3 is 9.47 Å². The number of nitrogens with zero attached hydrogens (tertiary/aromatic N) is 1. The number of likely N-dealkylation sites (tertiary alicyclic amines) is 1. The third-order valence-electron chi connectivity index (χ3n) is 3.15. The van der Waals surface area contributed by atoms with Crippen LogP contribution in [0.1, 0.15) is 18.4 Å². The van der Waals surface area contributed by atoms with Crippen molar-refractivity contribution in [2.75, 3.05) is 27.3 Å². The van der Waals surface area contributed by atoms with Crippen molar-refractivity contribution in [1.82, 2.24) is 4.90 Å². The van der Waals surface area contributed by atoms with E-state index in [1.165, 1.54) is 0 Å². The van der Waals surface area contributed by atoms with Crippen LogP contribution < -0.4 is 9.47 Å². The normalized spacial score (nSPS) is 16.7. The molecule has 0 amide bonds. The van der Waals surface area contributed by atoms with Crippen molar-refractivity contribution in [1.29, 1.82) is 0 Å². The smallest absolute Gasteiger partial charge is 0.146 e. The predicted molar refractivity (Wildman–Crippen MR) is 69.1 cm³/mol. The second-order valence-corrected chi connectivity index (χ2v) is 4.57. The molecule has 0 unspecified atom stereocenters. The number of hydrogen-bond acceptors (Lipinski definition) is 4. The Morgan fingerprint density at radius 2 is 1.83 bits per heavy atom. The zero-order valence-corrected chi connectivity index (χ0v) is 10.9. The van der Waals surface area contributed by atoms with Crippen molar-refractivity contribution in [2.45, 2.75) is 19.4 Å². The van der Waals surface area contributed by atoms with Crippen LogP contribution in [0.15, 0.2) is 18.2 Å². The van der Waals surface area contributed by atoms with Crippen LogP contribution in [-0.2, 0) is 11.3 Å². The average molecular weight is 249 g/mol. The standard InChI is InChI=1S/C14H19NO3/c1-17-13-6-11(7-14(8-13)18-2)9-15-5-3-4-12(16)10-15/h6-8H,3-5,9-10H2,1-2H3. The van der Waals surface area contributed by atoms with E-state index in [9.17, 15) is 4.79 Å². The van der Waals surface area contributed by atoms with Crippen LogP contribution in [0.4, 0.5) is 0 Å². The van der Waals surface area contributed by atoms with Crippen molar-refractivity contribution in [3.05, 3.63) is 23.8 Å². The van der Waals surface area contributed by atoms with Gasteiger partial charge in [-0.2, -0.15) is 0 Å². The number of benzene rings is 1. The Kier molecular flexibility index (Phi) is 4.20. The molecule has 4 heteroatoms. The quantitative estimate of drug-likeness (QED) is 0.816. The first-order valence-electron chi connectivity index (χ1n) is 6.17. The van der Waals surface area contributed by atoms with E-state index in [0.717, 1.165) is 43.0 Å². The van der Waals surface area contributed by atoms with Gasteiger partial charge in [-0.15, -0.1) is 0 Å². The van der Waals surface area contributed by atoms with Crippen molar-refractivity contribution in [3.8, 4) is 11.5 Å². The molecule has 1 aromatic carbocycles. The Bertz CT molecular complexity index is 409. The van der Waals surface area contributed by atoms with E-state index in [1.807, 2.05) is 18.2 Å². The van der Waals surface area contributed by atoms with Crippen molar-refractivity contribution >= 4 is 5.78 Å². The van der Waals surface area contributed by atoms with Crippen LogP contribution in [0.25, 0.3) is 0 Å². The number of ketones is 1. The molecule has 1 heterocycles. The molecule has 0 aromatic heterocycles. The molecule has 1 saturated heterocycles. The molecular formula is C14H19NO3. The van der Waals surface area contributed by atoms with E-state index in [-0.39, 0.29) is 0 Å². The zero-order chi connectivity index (χ0) is 13.0. The first-order valence-corrected chi connectivity index (χ1v) is 6.17. The van der Waals surface area contributed by atoms with Gasteiger partial charge in [0.2, 0.25) is 0 Å². The summed E-state index contributed by atoms with van der Waals surface area (Å²) < 4.78 is 10.5. The van der Waals surface area contributed by atoms with Crippen LogP contribution in [-0.4, -0.2) is 38.0 Å². The van der Waals surface area contributed by atoms with Gasteiger partial charge in [0, 0.05) is 19.0 Å². The van der Waals surface area contributed by atoms with Gasteiger partial charge in [0.25, 0.3) is 0 Å². The van der Waals surface area contributed by atoms with Crippen molar-refractivity contribution in [3.63, 3.8) is 0 Å². The minimum absolute atomic E-state index is 0.330. The summed E-state index contributed by atoms with van der Waals surface area (Å²) >= 11 is 0. The van der Waals surface area contributed by atoms with Gasteiger partial charge in [-0.25, -0.2) is 0 Å². The van der Waals surface area contributed by atoms with Gasteiger partial charge >= 0.3 is 0 Å². The summed E-state index contributed by atoms with van der Waals surface area (Å²) in [6.07, 6.45) is 1.68. The van der Waals surface area contributed by atoms with E-state index in [4.69, 9.17) is 9.47 Å². The second kappa shape index (κ2) is 5.87. The molecule has 1 aliphatic rings. The number of carbonyl (C=O) groups is 1. The number of rotatable bonds is 4. The summed E-state index contributed by atoms with van der Waals surface area (Å²) in [5, 5.41) is 0. The number of Topliss-reactive ketones (excluding diaryl/α,β-unsaturated/α-hetero) is 1. The molecule has 0 saturated carbocycles. The summed E-state index contributed by atoms with van der Waals surface area (Å²) in [6.45, 7) is 2.30. The number of piperidine rings is 1. The molecule has 4 nitrogen and oxygen atoms in total. The highest BCUT2D eigenvalue weighted by Gasteiger charge is 2.17. The largest absolute Gasteiger partial charge is 0.497 e. The Balaban J connectivity index is 2.10. The Labute approximate surface area is 107 Å². The molecule has 1 aromatic rings. The average Bonchev–Trinajstić information content (AvgIpc) is 2.38. The fourth-order valence-electron chi connectivity index (χ4n) is 2.26. The lowest BCUT2D eigenvalue weighted by molar-refractivity contribution is -0.122. The zero-order valence-electron chi connectivity index (χ0n) is 10.9. The fraction of sp³-hybridized carbons (Fsp3) is 0.500. The molecule has 0 atom stereocenters. The first kappa shape index (κ1) is 12.9. The van der Waals surface area contributed by atoms with Crippen LogP contribution in [0, 0.1) is 0 Å². The molecule has 0 N–H and O–H groups in total. The predicted octanol–water partition coefficient (Wildman–Crippen LogP) is 1.87. The van der Waals surface area contributed by atoms with Gasteiger partial charge in [-0.3, -0.25) is 9.69 Å². The summed E-state index contributed by atoms with van der Waals surface area (Å²) in [7, 11) is 3.28. The van der Waals surface area contributed by atoms with Gasteiger partial charge in [-0.1, -0.05) is 0 Å². The Morgan fingerprint density at radius 3 is 2.39 bits per heavy atom. The van der Waals surface area contributed by atoms with E-state index < -0.39 is 0 Å². The number of methoxy groups -OCH3 is 2. The van der Waals surface area contributed by atoms with Crippen molar-refractivity contribution in [2.24, 2.45) is 0 Å². The molecule has 0 spiro atoms. The van der Waals surface area contributed by atoms with Gasteiger partial charge in [0.05, 0.1) is 20.8 Å². The highest BCUT2D eigenvalue weighted by molar-refractivity contribution is 5.81. The van der Waals surface area contributed by atoms with E-state index >= 15 is 0 Å². The highest BCUT2D eigenvalue weighted by atomic mass is 16.5. The lowest BCUT2D eigenvalue weighted by atomic mass is 10.1. The van der Waals surface area contributed by atoms with Crippen LogP contribution in [0.5, 0.6) is 11.5 Å². The second-order valence-electron chi connectivity index (χ2n) is 4.57. The van der Waals surface area contributed by atoms with E-state index in [1.54, 1.807) is 14.2 Å². The summed E-state index contributed by atoms with van der Waals surface area (Å²) in [4.78, 5) is 13.6. The maximum Gasteiger partial charge on any atom is 0.146 e. The molecule has 0 radical (unpaired) electrons. The summed E-state index contributed by atoms with van der Waals surface area (Å²) in [5.74, 6) is 1.90. The molecule has 98 valence electrons. The van der Waals surface area contributed by atoms with Crippen LogP contribution in [0.2, 0.25) is 0 Å². The third-order valence-corrected chi connectivity index (χ3v) is 3.15. The molecule has 1 aliphatic heterocycles. The molecule has 18 heavy (non-hydrogen) atoms. The number of carbonyl (C=O) groups excluding carboxylic acids is 1. The Hall–Kier alpha value is -1.55. The molecule has 1 fully saturated rings. The van der Waals surface area contributed by atoms with E-state index in [0.29, 0.717) is 12.3 Å². The molecular weight excluding hydrogens is 230 g/mol. The molecule has 2 rings (SSSR count). The maximum atomic E-state index is 11.4. The van der Waals surface area contributed by atoms with Crippen LogP contribution >= 0.6 is 0 Å².